The number of fused-ring (bicyclic) bond motifs is 11. The van der Waals surface area contributed by atoms with E-state index in [4.69, 9.17) is 8.83 Å². The van der Waals surface area contributed by atoms with Crippen LogP contribution in [0.4, 0.5) is 0 Å². The van der Waals surface area contributed by atoms with E-state index in [1.165, 1.54) is 54.6 Å². The molecule has 2 nitrogen and oxygen atoms in total. The van der Waals surface area contributed by atoms with Crippen LogP contribution in [-0.2, 0) is 0 Å². The Morgan fingerprint density at radius 1 is 0.280 bits per heavy atom. The van der Waals surface area contributed by atoms with Crippen molar-refractivity contribution in [1.82, 2.24) is 0 Å². The van der Waals surface area contributed by atoms with Gasteiger partial charge in [0.2, 0.25) is 0 Å². The zero-order valence-corrected chi connectivity index (χ0v) is 27.0. The van der Waals surface area contributed by atoms with E-state index in [0.717, 1.165) is 55.0 Å². The fourth-order valence-corrected chi connectivity index (χ4v) is 8.20. The maximum absolute atomic E-state index is 6.50. The molecule has 50 heavy (non-hydrogen) atoms. The second-order valence-corrected chi connectivity index (χ2v) is 13.2. The second kappa shape index (κ2) is 10.4. The smallest absolute Gasteiger partial charge is 0.178 e. The third-order valence-electron chi connectivity index (χ3n) is 10.5. The average Bonchev–Trinajstić information content (AvgIpc) is 3.76. The molecule has 11 aromatic rings. The molecular weight excluding hydrogens is 609 g/mol. The largest absolute Gasteiger partial charge is 0.452 e. The van der Waals surface area contributed by atoms with Gasteiger partial charge in [-0.3, -0.25) is 0 Å². The maximum Gasteiger partial charge on any atom is 0.178 e. The summed E-state index contributed by atoms with van der Waals surface area (Å²) in [6, 6.07) is 60.9. The van der Waals surface area contributed by atoms with Gasteiger partial charge in [-0.15, -0.1) is 0 Å². The Hall–Kier alpha value is -6.64. The third kappa shape index (κ3) is 3.90. The monoisotopic (exact) mass is 636 g/mol. The van der Waals surface area contributed by atoms with Gasteiger partial charge in [0.15, 0.2) is 11.2 Å². The molecule has 0 saturated heterocycles. The number of rotatable bonds is 3. The summed E-state index contributed by atoms with van der Waals surface area (Å²) in [5, 5.41) is 11.8. The van der Waals surface area contributed by atoms with Crippen molar-refractivity contribution in [2.24, 2.45) is 0 Å². The van der Waals surface area contributed by atoms with Crippen molar-refractivity contribution in [2.75, 3.05) is 0 Å². The predicted molar refractivity (Wildman–Crippen MR) is 210 cm³/mol. The topological polar surface area (TPSA) is 26.3 Å². The highest BCUT2D eigenvalue weighted by atomic mass is 16.4. The van der Waals surface area contributed by atoms with Crippen LogP contribution in [-0.4, -0.2) is 0 Å². The lowest BCUT2D eigenvalue weighted by atomic mass is 9.86. The Kier molecular flexibility index (Phi) is 5.70. The average molecular weight is 637 g/mol. The van der Waals surface area contributed by atoms with E-state index in [9.17, 15) is 0 Å². The summed E-state index contributed by atoms with van der Waals surface area (Å²) in [7, 11) is 0. The van der Waals surface area contributed by atoms with Gasteiger partial charge in [0.1, 0.15) is 11.2 Å². The highest BCUT2D eigenvalue weighted by Gasteiger charge is 2.19. The van der Waals surface area contributed by atoms with Crippen LogP contribution in [0.25, 0.3) is 110 Å². The number of hydrogen-bond donors (Lipinski definition) is 0. The Balaban J connectivity index is 1.05. The number of benzene rings is 9. The lowest BCUT2D eigenvalue weighted by Gasteiger charge is -2.18. The van der Waals surface area contributed by atoms with Gasteiger partial charge in [-0.25, -0.2) is 0 Å². The first-order valence-corrected chi connectivity index (χ1v) is 17.1. The molecule has 0 aliphatic heterocycles. The summed E-state index contributed by atoms with van der Waals surface area (Å²) in [6.45, 7) is 0. The fraction of sp³-hybridized carbons (Fsp3) is 0. The molecule has 0 atom stereocenters. The van der Waals surface area contributed by atoms with Crippen LogP contribution in [0.3, 0.4) is 0 Å². The quantitative estimate of drug-likeness (QED) is 0.180. The molecular formula is C48H28O2. The summed E-state index contributed by atoms with van der Waals surface area (Å²) in [6.07, 6.45) is 0. The van der Waals surface area contributed by atoms with Crippen molar-refractivity contribution in [2.45, 2.75) is 0 Å². The van der Waals surface area contributed by atoms with Crippen molar-refractivity contribution >= 4 is 76.2 Å². The zero-order valence-electron chi connectivity index (χ0n) is 27.0. The van der Waals surface area contributed by atoms with Crippen molar-refractivity contribution < 1.29 is 8.83 Å². The summed E-state index contributed by atoms with van der Waals surface area (Å²) in [5.74, 6) is 0. The van der Waals surface area contributed by atoms with Crippen LogP contribution in [0, 0.1) is 0 Å². The Labute approximate surface area is 287 Å². The molecule has 2 heterocycles. The van der Waals surface area contributed by atoms with E-state index in [2.05, 4.69) is 170 Å². The van der Waals surface area contributed by atoms with Gasteiger partial charge in [-0.2, -0.15) is 0 Å². The molecule has 0 radical (unpaired) electrons. The van der Waals surface area contributed by atoms with Crippen LogP contribution >= 0.6 is 0 Å². The second-order valence-electron chi connectivity index (χ2n) is 13.2. The fourth-order valence-electron chi connectivity index (χ4n) is 8.20. The summed E-state index contributed by atoms with van der Waals surface area (Å²) in [4.78, 5) is 0. The van der Waals surface area contributed by atoms with E-state index in [0.29, 0.717) is 0 Å². The predicted octanol–water partition coefficient (Wildman–Crippen LogP) is 13.9. The number of furan rings is 2. The SMILES string of the molecule is c1ccc(-c2c3ccccc3c(-c3ccc(-c4ccc5oc6c(ccc7c6oc6ccc8ccccc8c67)c5c4)cc3)c3ccccc23)cc1. The summed E-state index contributed by atoms with van der Waals surface area (Å²) >= 11 is 0. The molecule has 9 aromatic carbocycles. The molecule has 0 saturated carbocycles. The van der Waals surface area contributed by atoms with Crippen LogP contribution in [0.15, 0.2) is 179 Å². The molecule has 0 aliphatic rings. The Morgan fingerprint density at radius 2 is 0.780 bits per heavy atom. The van der Waals surface area contributed by atoms with Gasteiger partial charge in [0.05, 0.1) is 0 Å². The van der Waals surface area contributed by atoms with Crippen LogP contribution < -0.4 is 0 Å². The van der Waals surface area contributed by atoms with E-state index in [-0.39, 0.29) is 0 Å². The maximum atomic E-state index is 6.50. The molecule has 0 N–H and O–H groups in total. The minimum absolute atomic E-state index is 0.794. The van der Waals surface area contributed by atoms with Crippen LogP contribution in [0.2, 0.25) is 0 Å². The van der Waals surface area contributed by atoms with Crippen molar-refractivity contribution in [3.8, 4) is 33.4 Å². The summed E-state index contributed by atoms with van der Waals surface area (Å²) < 4.78 is 13.0. The van der Waals surface area contributed by atoms with Crippen molar-refractivity contribution in [3.63, 3.8) is 0 Å². The molecule has 0 aliphatic carbocycles. The van der Waals surface area contributed by atoms with Crippen LogP contribution in [0.5, 0.6) is 0 Å². The lowest BCUT2D eigenvalue weighted by Crippen LogP contribution is -1.90. The van der Waals surface area contributed by atoms with E-state index in [1.807, 2.05) is 0 Å². The van der Waals surface area contributed by atoms with Gasteiger partial charge in [-0.1, -0.05) is 140 Å². The minimum Gasteiger partial charge on any atom is -0.452 e. The highest BCUT2D eigenvalue weighted by molar-refractivity contribution is 6.25. The Bertz CT molecular complexity index is 3070. The van der Waals surface area contributed by atoms with E-state index < -0.39 is 0 Å². The van der Waals surface area contributed by atoms with Gasteiger partial charge in [0, 0.05) is 21.5 Å². The molecule has 2 aromatic heterocycles. The first kappa shape index (κ1) is 27.3. The molecule has 232 valence electrons. The van der Waals surface area contributed by atoms with Gasteiger partial charge >= 0.3 is 0 Å². The molecule has 0 fully saturated rings. The van der Waals surface area contributed by atoms with Gasteiger partial charge in [-0.05, 0) is 96.0 Å². The minimum atomic E-state index is 0.794. The Morgan fingerprint density at radius 3 is 1.48 bits per heavy atom. The molecule has 0 unspecified atom stereocenters. The van der Waals surface area contributed by atoms with Crippen molar-refractivity contribution in [1.29, 1.82) is 0 Å². The molecule has 11 rings (SSSR count). The molecule has 2 heteroatoms. The first-order chi connectivity index (χ1) is 24.8. The van der Waals surface area contributed by atoms with Gasteiger partial charge < -0.3 is 8.83 Å². The van der Waals surface area contributed by atoms with Gasteiger partial charge in [0.25, 0.3) is 0 Å². The molecule has 0 bridgehead atoms. The standard InChI is InChI=1S/C48H28O2/c1-2-11-31(12-3-1)44-35-14-6-8-16-37(35)45(38-17-9-7-15-36(38)44)32-20-18-29(19-21-32)33-23-26-42-41(28-33)39-24-25-40-46-34-13-5-4-10-30(34)22-27-43(46)50-48(40)47(39)49-42/h1-28H. The highest BCUT2D eigenvalue weighted by Crippen LogP contribution is 2.45. The first-order valence-electron chi connectivity index (χ1n) is 17.1. The van der Waals surface area contributed by atoms with Crippen molar-refractivity contribution in [3.05, 3.63) is 170 Å². The third-order valence-corrected chi connectivity index (χ3v) is 10.5. The number of hydrogen-bond acceptors (Lipinski definition) is 2. The van der Waals surface area contributed by atoms with Crippen LogP contribution in [0.1, 0.15) is 0 Å². The molecule has 0 amide bonds. The van der Waals surface area contributed by atoms with E-state index >= 15 is 0 Å². The molecule has 0 spiro atoms. The van der Waals surface area contributed by atoms with E-state index in [1.54, 1.807) is 0 Å². The lowest BCUT2D eigenvalue weighted by molar-refractivity contribution is 0.633. The summed E-state index contributed by atoms with van der Waals surface area (Å²) in [5.41, 5.74) is 10.6. The zero-order chi connectivity index (χ0) is 32.8. The normalized spacial score (nSPS) is 12.0.